The summed E-state index contributed by atoms with van der Waals surface area (Å²) in [6.45, 7) is 30.0. The van der Waals surface area contributed by atoms with Crippen molar-refractivity contribution >= 4 is 40.9 Å². The molecule has 22 nitrogen and oxygen atoms in total. The van der Waals surface area contributed by atoms with Crippen molar-refractivity contribution in [3.8, 4) is 29.2 Å². The van der Waals surface area contributed by atoms with Crippen LogP contribution in [-0.4, -0.2) is 167 Å². The summed E-state index contributed by atoms with van der Waals surface area (Å²) in [7, 11) is 0. The molecule has 0 radical (unpaired) electrons. The number of amidine groups is 2. The summed E-state index contributed by atoms with van der Waals surface area (Å²) in [6.07, 6.45) is 22.1. The van der Waals surface area contributed by atoms with E-state index in [1.54, 1.807) is 30.5 Å². The maximum absolute atomic E-state index is 8.60. The summed E-state index contributed by atoms with van der Waals surface area (Å²) < 4.78 is 44.0. The van der Waals surface area contributed by atoms with Crippen molar-refractivity contribution in [3.63, 3.8) is 0 Å². The van der Waals surface area contributed by atoms with Gasteiger partial charge in [-0.15, -0.1) is 9.91 Å². The van der Waals surface area contributed by atoms with Crippen LogP contribution in [0.15, 0.2) is 234 Å². The molecule has 4 aliphatic heterocycles. The van der Waals surface area contributed by atoms with E-state index in [9.17, 15) is 0 Å². The van der Waals surface area contributed by atoms with Crippen LogP contribution in [0.1, 0.15) is 149 Å². The molecule has 608 valence electrons. The molecular weight excluding hydrogens is 1450 g/mol. The van der Waals surface area contributed by atoms with Gasteiger partial charge < -0.3 is 60.0 Å². The van der Waals surface area contributed by atoms with Crippen molar-refractivity contribution in [1.29, 1.82) is 5.26 Å². The van der Waals surface area contributed by atoms with Gasteiger partial charge in [0.2, 0.25) is 6.19 Å². The van der Waals surface area contributed by atoms with Crippen molar-refractivity contribution < 1.29 is 37.9 Å². The Bertz CT molecular complexity index is 4070. The zero-order chi connectivity index (χ0) is 80.0. The fraction of sp³-hybridized carbons (Fsp3) is 0.426. The Hall–Kier alpha value is -10.7. The smallest absolute Gasteiger partial charge is 0.410 e. The quantitative estimate of drug-likeness (QED) is 0.0198. The number of aliphatic imine (C=N–C) groups is 1. The molecule has 4 aliphatic carbocycles. The fourth-order valence-electron chi connectivity index (χ4n) is 17.0. The maximum Gasteiger partial charge on any atom is 0.410 e. The molecule has 4 heterocycles. The monoisotopic (exact) mass is 1570 g/mol. The summed E-state index contributed by atoms with van der Waals surface area (Å²) in [4.78, 5) is 20.2. The first-order chi connectivity index (χ1) is 57.2. The molecule has 0 spiro atoms. The molecule has 6 N–H and O–H groups in total. The highest BCUT2D eigenvalue weighted by atomic mass is 16.7. The molecular formula is C94H114N14O8. The van der Waals surface area contributed by atoms with E-state index < -0.39 is 0 Å². The van der Waals surface area contributed by atoms with Crippen molar-refractivity contribution in [2.75, 3.05) is 127 Å². The van der Waals surface area contributed by atoms with Gasteiger partial charge in [0, 0.05) is 99.3 Å². The molecule has 0 amide bonds. The number of anilines is 4. The number of para-hydroxylation sites is 4. The van der Waals surface area contributed by atoms with Gasteiger partial charge in [-0.2, -0.15) is 18.4 Å². The lowest BCUT2D eigenvalue weighted by Gasteiger charge is -2.38. The van der Waals surface area contributed by atoms with Crippen LogP contribution < -0.4 is 41.0 Å². The van der Waals surface area contributed by atoms with Gasteiger partial charge in [0.1, 0.15) is 33.2 Å². The molecule has 116 heavy (non-hydrogen) atoms. The summed E-state index contributed by atoms with van der Waals surface area (Å²) in [5.74, 6) is 5.10. The average molecular weight is 1570 g/mol. The van der Waals surface area contributed by atoms with Gasteiger partial charge in [0.05, 0.1) is 52.9 Å². The minimum Gasteiger partial charge on any atom is -0.421 e. The SMILES string of the molecule is N#CN=C(Oc1ccccc1)Oc1ccccc1.Nc1ccc(C2CCC(N3CCOCC3)CC2)cc1.Nc1ccc(C2CCC(N3CCOCC3)CC2)cc1.[C-]#[N+]/N=C(/Nc1ccc(C2CCC(N3CCOCC3)CC2)cc1)Oc1ccccc1.[C-]#[N+]/N=C(/Nc1ccc(C2CCC(N3CCOCC3)CC2)cc1)Oc1ccccc1. The van der Waals surface area contributed by atoms with Crippen LogP contribution in [0.3, 0.4) is 0 Å². The molecule has 8 aromatic rings. The summed E-state index contributed by atoms with van der Waals surface area (Å²) in [6, 6.07) is 73.9. The standard InChI is InChI=1S/2C24H28N4O2.2C16H24N2O.C14H10N2O2/c2*1-25-27-24(30-23-5-3-2-4-6-23)26-21-11-7-19(8-12-21)20-9-13-22(14-10-20)28-15-17-29-18-16-28;2*17-15-5-1-13(2-6-15)14-3-7-16(8-4-14)18-9-11-19-12-10-18;15-11-16-14(17-12-7-3-1-4-8-12)18-13-9-5-2-6-10-13/h2*2-8,11-12,20,22H,9-10,13-18H2,(H,26,27);2*1-2,5-6,14,16H,3-4,7-12,17H2;1-10H. The Morgan fingerprint density at radius 1 is 0.336 bits per heavy atom. The zero-order valence-corrected chi connectivity index (χ0v) is 66.9. The van der Waals surface area contributed by atoms with E-state index in [0.29, 0.717) is 46.9 Å². The number of hydrogen-bond acceptors (Lipinski definition) is 18. The highest BCUT2D eigenvalue weighted by molar-refractivity contribution is 5.91. The van der Waals surface area contributed by atoms with Crippen molar-refractivity contribution in [1.82, 2.24) is 19.6 Å². The van der Waals surface area contributed by atoms with Gasteiger partial charge in [0.25, 0.3) is 0 Å². The van der Waals surface area contributed by atoms with Crippen LogP contribution in [0.25, 0.3) is 9.91 Å². The number of morpholine rings is 4. The number of nitrogen functional groups attached to an aromatic ring is 2. The third-order valence-corrected chi connectivity index (χ3v) is 23.4. The number of ether oxygens (including phenoxy) is 8. The second kappa shape index (κ2) is 46.8. The molecule has 0 atom stereocenters. The van der Waals surface area contributed by atoms with Gasteiger partial charge in [-0.1, -0.05) is 126 Å². The Morgan fingerprint density at radius 3 is 0.802 bits per heavy atom. The third-order valence-electron chi connectivity index (χ3n) is 23.4. The van der Waals surface area contributed by atoms with E-state index in [4.69, 9.17) is 67.8 Å². The van der Waals surface area contributed by atoms with Gasteiger partial charge in [-0.3, -0.25) is 19.6 Å². The van der Waals surface area contributed by atoms with Crippen LogP contribution in [0.2, 0.25) is 0 Å². The predicted molar refractivity (Wildman–Crippen MR) is 461 cm³/mol. The predicted octanol–water partition coefficient (Wildman–Crippen LogP) is 17.7. The lowest BCUT2D eigenvalue weighted by Crippen LogP contribution is -2.44. The van der Waals surface area contributed by atoms with E-state index >= 15 is 0 Å². The van der Waals surface area contributed by atoms with E-state index in [1.807, 2.05) is 146 Å². The topological polar surface area (TPSA) is 232 Å². The summed E-state index contributed by atoms with van der Waals surface area (Å²) in [5, 5.41) is 22.3. The number of nitriles is 1. The molecule has 4 saturated heterocycles. The molecule has 8 aliphatic rings. The Morgan fingerprint density at radius 2 is 0.569 bits per heavy atom. The second-order valence-electron chi connectivity index (χ2n) is 30.6. The number of nitrogens with one attached hydrogen (secondary N) is 2. The highest BCUT2D eigenvalue weighted by Crippen LogP contribution is 2.40. The first kappa shape index (κ1) is 84.7. The molecule has 22 heteroatoms. The number of hydrogen-bond donors (Lipinski definition) is 4. The molecule has 8 fully saturated rings. The Balaban J connectivity index is 0.000000136. The number of nitrogens with zero attached hydrogens (tertiary/aromatic N) is 10. The zero-order valence-electron chi connectivity index (χ0n) is 66.9. The number of nitrogens with two attached hydrogens (primary N) is 2. The van der Waals surface area contributed by atoms with Gasteiger partial charge >= 0.3 is 18.1 Å². The lowest BCUT2D eigenvalue weighted by atomic mass is 9.81. The fourth-order valence-corrected chi connectivity index (χ4v) is 17.0. The number of rotatable bonds is 14. The van der Waals surface area contributed by atoms with E-state index in [0.717, 1.165) is 152 Å². The van der Waals surface area contributed by atoms with E-state index in [2.05, 4.69) is 104 Å². The van der Waals surface area contributed by atoms with Crippen LogP contribution in [0, 0.1) is 24.6 Å². The third kappa shape index (κ3) is 27.5. The van der Waals surface area contributed by atoms with Crippen LogP contribution in [0.4, 0.5) is 22.7 Å². The molecule has 4 saturated carbocycles. The first-order valence-electron chi connectivity index (χ1n) is 41.7. The molecule has 16 rings (SSSR count). The minimum atomic E-state index is -0.102. The number of benzene rings is 8. The first-order valence-corrected chi connectivity index (χ1v) is 41.7. The minimum absolute atomic E-state index is 0.102. The van der Waals surface area contributed by atoms with Gasteiger partial charge in [-0.05, 0) is 246 Å². The largest absolute Gasteiger partial charge is 0.421 e. The maximum atomic E-state index is 8.60. The summed E-state index contributed by atoms with van der Waals surface area (Å²) in [5.41, 5.74) is 20.7. The normalized spacial score (nSPS) is 22.8. The summed E-state index contributed by atoms with van der Waals surface area (Å²) >= 11 is 0. The molecule has 8 aromatic carbocycles. The molecule has 0 bridgehead atoms. The Labute approximate surface area is 686 Å². The van der Waals surface area contributed by atoms with Crippen LogP contribution >= 0.6 is 0 Å². The highest BCUT2D eigenvalue weighted by Gasteiger charge is 2.32. The van der Waals surface area contributed by atoms with Crippen molar-refractivity contribution in [2.24, 2.45) is 15.2 Å². The van der Waals surface area contributed by atoms with E-state index in [1.165, 1.54) is 125 Å². The van der Waals surface area contributed by atoms with Crippen LogP contribution in [0.5, 0.6) is 23.0 Å². The van der Waals surface area contributed by atoms with Crippen molar-refractivity contribution in [3.05, 3.63) is 264 Å². The van der Waals surface area contributed by atoms with Gasteiger partial charge in [-0.25, -0.2) is 0 Å². The Kier molecular flexibility index (Phi) is 34.1. The molecule has 0 aromatic heterocycles. The average Bonchev–Trinajstić information content (AvgIpc) is 0.852. The van der Waals surface area contributed by atoms with Crippen molar-refractivity contribution in [2.45, 2.75) is 151 Å². The van der Waals surface area contributed by atoms with E-state index in [-0.39, 0.29) is 18.1 Å². The van der Waals surface area contributed by atoms with Gasteiger partial charge in [0.15, 0.2) is 0 Å². The second-order valence-corrected chi connectivity index (χ2v) is 30.6. The molecule has 0 unspecified atom stereocenters. The van der Waals surface area contributed by atoms with Crippen LogP contribution in [-0.2, 0) is 18.9 Å². The lowest BCUT2D eigenvalue weighted by molar-refractivity contribution is 0.00727.